The molecule has 0 saturated heterocycles. The predicted octanol–water partition coefficient (Wildman–Crippen LogP) is 4.22. The molecule has 0 bridgehead atoms. The third kappa shape index (κ3) is 3.91. The second kappa shape index (κ2) is 8.29. The number of nitrogens with zero attached hydrogens (tertiary/aromatic N) is 1. The average Bonchev–Trinajstić information content (AvgIpc) is 2.76. The third-order valence-corrected chi connectivity index (χ3v) is 6.29. The van der Waals surface area contributed by atoms with E-state index < -0.39 is 60.4 Å². The highest BCUT2D eigenvalue weighted by Crippen LogP contribution is 2.50. The molecule has 0 amide bonds. The van der Waals surface area contributed by atoms with Crippen LogP contribution in [0.25, 0.3) is 10.9 Å². The van der Waals surface area contributed by atoms with Gasteiger partial charge in [-0.3, -0.25) is 9.78 Å². The van der Waals surface area contributed by atoms with Crippen LogP contribution in [0.4, 0.5) is 17.6 Å². The van der Waals surface area contributed by atoms with Crippen LogP contribution < -0.4 is 5.43 Å². The molecule has 32 heavy (non-hydrogen) atoms. The molecule has 1 fully saturated rings. The van der Waals surface area contributed by atoms with E-state index in [-0.39, 0.29) is 34.3 Å². The molecule has 0 aliphatic heterocycles. The molecule has 1 aromatic carbocycles. The lowest BCUT2D eigenvalue weighted by Crippen LogP contribution is -2.31. The Kier molecular flexibility index (Phi) is 5.81. The molecule has 4 rings (SSSR count). The minimum absolute atomic E-state index is 0.0141. The van der Waals surface area contributed by atoms with E-state index in [1.165, 1.54) is 31.3 Å². The zero-order chi connectivity index (χ0) is 23.2. The summed E-state index contributed by atoms with van der Waals surface area (Å²) in [6.45, 7) is 0.772. The van der Waals surface area contributed by atoms with Crippen LogP contribution in [0.3, 0.4) is 0 Å². The summed E-state index contributed by atoms with van der Waals surface area (Å²) in [6.07, 6.45) is -0.963. The lowest BCUT2D eigenvalue weighted by Gasteiger charge is -2.37. The lowest BCUT2D eigenvalue weighted by atomic mass is 9.71. The number of aromatic nitrogens is 2. The number of halogens is 4. The largest absolute Gasteiger partial charge is 0.393 e. The number of alkyl halides is 2. The summed E-state index contributed by atoms with van der Waals surface area (Å²) < 4.78 is 56.7. The molecule has 2 unspecified atom stereocenters. The van der Waals surface area contributed by atoms with Crippen LogP contribution in [0.1, 0.15) is 59.7 Å². The molecular formula is C23H22F4N2O3. The number of H-pyrrole nitrogens is 1. The number of fused-ring (bicyclic) bond motifs is 1. The van der Waals surface area contributed by atoms with Crippen molar-refractivity contribution >= 4 is 10.9 Å². The van der Waals surface area contributed by atoms with E-state index in [0.717, 1.165) is 6.07 Å². The number of pyridine rings is 2. The minimum Gasteiger partial charge on any atom is -0.393 e. The Morgan fingerprint density at radius 2 is 2.00 bits per heavy atom. The standard InChI is InChI=1S/C23H22F4N2O3/c1-11-12(2-3-15(24)21(11)25)13-4-6-23(26,27)9-14(13)17-8-18(31)20-16(29-17)5-7-28-22(20)19(32)10-30/h2-3,5,7-8,13-14,19,30,32H,4,6,9-10H2,1H3,(H,29,31)/t13-,14?,19?/m0/s1. The quantitative estimate of drug-likeness (QED) is 0.520. The number of aromatic amines is 1. The van der Waals surface area contributed by atoms with Crippen molar-refractivity contribution in [2.24, 2.45) is 0 Å². The Bertz CT molecular complexity index is 1230. The number of benzene rings is 1. The molecule has 9 heteroatoms. The zero-order valence-corrected chi connectivity index (χ0v) is 17.2. The lowest BCUT2D eigenvalue weighted by molar-refractivity contribution is -0.0465. The first-order valence-electron chi connectivity index (χ1n) is 10.3. The summed E-state index contributed by atoms with van der Waals surface area (Å²) in [5.74, 6) is -6.40. The Morgan fingerprint density at radius 1 is 1.25 bits per heavy atom. The number of rotatable bonds is 4. The fourth-order valence-corrected chi connectivity index (χ4v) is 4.69. The summed E-state index contributed by atoms with van der Waals surface area (Å²) in [5, 5.41) is 19.3. The molecule has 1 saturated carbocycles. The first kappa shape index (κ1) is 22.4. The van der Waals surface area contributed by atoms with Gasteiger partial charge in [-0.15, -0.1) is 0 Å². The number of hydrogen-bond donors (Lipinski definition) is 3. The second-order valence-electron chi connectivity index (χ2n) is 8.29. The van der Waals surface area contributed by atoms with Gasteiger partial charge >= 0.3 is 0 Å². The van der Waals surface area contributed by atoms with E-state index in [4.69, 9.17) is 0 Å². The topological polar surface area (TPSA) is 86.2 Å². The molecule has 0 radical (unpaired) electrons. The monoisotopic (exact) mass is 450 g/mol. The summed E-state index contributed by atoms with van der Waals surface area (Å²) in [5.41, 5.74) is 0.451. The second-order valence-corrected chi connectivity index (χ2v) is 8.29. The minimum atomic E-state index is -2.98. The molecule has 3 N–H and O–H groups in total. The van der Waals surface area contributed by atoms with Gasteiger partial charge in [-0.1, -0.05) is 6.07 Å². The smallest absolute Gasteiger partial charge is 0.248 e. The fraction of sp³-hybridized carbons (Fsp3) is 0.391. The molecule has 0 spiro atoms. The van der Waals surface area contributed by atoms with Crippen molar-refractivity contribution in [2.75, 3.05) is 6.61 Å². The van der Waals surface area contributed by atoms with E-state index in [1.54, 1.807) is 0 Å². The van der Waals surface area contributed by atoms with Crippen molar-refractivity contribution in [3.63, 3.8) is 0 Å². The number of nitrogens with one attached hydrogen (secondary N) is 1. The third-order valence-electron chi connectivity index (χ3n) is 6.29. The highest BCUT2D eigenvalue weighted by molar-refractivity contribution is 5.81. The number of hydrogen-bond acceptors (Lipinski definition) is 4. The molecular weight excluding hydrogens is 428 g/mol. The summed E-state index contributed by atoms with van der Waals surface area (Å²) in [4.78, 5) is 19.9. The van der Waals surface area contributed by atoms with Crippen LogP contribution in [-0.2, 0) is 0 Å². The first-order valence-corrected chi connectivity index (χ1v) is 10.3. The van der Waals surface area contributed by atoms with E-state index in [0.29, 0.717) is 5.56 Å². The first-order chi connectivity index (χ1) is 15.1. The predicted molar refractivity (Wildman–Crippen MR) is 110 cm³/mol. The Labute approximate surface area is 180 Å². The van der Waals surface area contributed by atoms with Gasteiger partial charge in [-0.2, -0.15) is 0 Å². The maximum absolute atomic E-state index is 14.4. The molecule has 2 aromatic heterocycles. The van der Waals surface area contributed by atoms with E-state index in [2.05, 4.69) is 9.97 Å². The molecule has 5 nitrogen and oxygen atoms in total. The Morgan fingerprint density at radius 3 is 2.72 bits per heavy atom. The van der Waals surface area contributed by atoms with Crippen molar-refractivity contribution in [1.29, 1.82) is 0 Å². The fourth-order valence-electron chi connectivity index (χ4n) is 4.69. The number of aliphatic hydroxyl groups excluding tert-OH is 2. The van der Waals surface area contributed by atoms with Gasteiger partial charge < -0.3 is 15.2 Å². The molecule has 3 aromatic rings. The molecule has 1 aliphatic carbocycles. The van der Waals surface area contributed by atoms with Gasteiger partial charge in [-0.05, 0) is 42.5 Å². The van der Waals surface area contributed by atoms with Crippen molar-refractivity contribution in [3.8, 4) is 0 Å². The van der Waals surface area contributed by atoms with Gasteiger partial charge in [0.2, 0.25) is 5.92 Å². The molecule has 1 aliphatic rings. The Hall–Kier alpha value is -2.78. The molecule has 2 heterocycles. The summed E-state index contributed by atoms with van der Waals surface area (Å²) in [6, 6.07) is 5.06. The summed E-state index contributed by atoms with van der Waals surface area (Å²) >= 11 is 0. The van der Waals surface area contributed by atoms with Gasteiger partial charge in [0.15, 0.2) is 17.1 Å². The van der Waals surface area contributed by atoms with E-state index in [9.17, 15) is 32.6 Å². The van der Waals surface area contributed by atoms with Gasteiger partial charge in [0, 0.05) is 36.7 Å². The van der Waals surface area contributed by atoms with Crippen molar-refractivity contribution in [2.45, 2.75) is 50.0 Å². The van der Waals surface area contributed by atoms with E-state index in [1.807, 2.05) is 0 Å². The van der Waals surface area contributed by atoms with Crippen LogP contribution in [0.2, 0.25) is 0 Å². The van der Waals surface area contributed by atoms with Gasteiger partial charge in [0.05, 0.1) is 23.2 Å². The zero-order valence-electron chi connectivity index (χ0n) is 17.2. The maximum Gasteiger partial charge on any atom is 0.248 e. The van der Waals surface area contributed by atoms with E-state index >= 15 is 0 Å². The van der Waals surface area contributed by atoms with Crippen molar-refractivity contribution < 1.29 is 27.8 Å². The molecule has 170 valence electrons. The normalized spacial score (nSPS) is 21.6. The Balaban J connectivity index is 1.86. The highest BCUT2D eigenvalue weighted by atomic mass is 19.3. The summed E-state index contributed by atoms with van der Waals surface area (Å²) in [7, 11) is 0. The average molecular weight is 450 g/mol. The van der Waals surface area contributed by atoms with Gasteiger partial charge in [0.1, 0.15) is 6.10 Å². The van der Waals surface area contributed by atoms with Crippen molar-refractivity contribution in [1.82, 2.24) is 9.97 Å². The number of aliphatic hydroxyl groups is 2. The van der Waals surface area contributed by atoms with Crippen LogP contribution >= 0.6 is 0 Å². The molecule has 3 atom stereocenters. The van der Waals surface area contributed by atoms with Crippen molar-refractivity contribution in [3.05, 3.63) is 74.8 Å². The highest BCUT2D eigenvalue weighted by Gasteiger charge is 2.43. The van der Waals surface area contributed by atoms with Crippen LogP contribution in [0, 0.1) is 18.6 Å². The van der Waals surface area contributed by atoms with Crippen LogP contribution in [-0.4, -0.2) is 32.7 Å². The van der Waals surface area contributed by atoms with Crippen LogP contribution in [0.15, 0.2) is 35.3 Å². The SMILES string of the molecule is Cc1c([C@@H]2CCC(F)(F)CC2c2cc(=O)c3c(C(O)CO)nccc3[nH]2)ccc(F)c1F. The van der Waals surface area contributed by atoms with Gasteiger partial charge in [-0.25, -0.2) is 17.6 Å². The van der Waals surface area contributed by atoms with Gasteiger partial charge in [0.25, 0.3) is 0 Å². The maximum atomic E-state index is 14.4. The van der Waals surface area contributed by atoms with Crippen LogP contribution in [0.5, 0.6) is 0 Å².